The molecule has 0 radical (unpaired) electrons. The first-order chi connectivity index (χ1) is 14.6. The number of hydrogen-bond donors (Lipinski definition) is 0. The molecule has 3 rings (SSSR count). The molecule has 168 valence electrons. The number of para-hydroxylation sites is 1. The van der Waals surface area contributed by atoms with Crippen LogP contribution in [0.1, 0.15) is 32.8 Å². The Morgan fingerprint density at radius 3 is 2.32 bits per heavy atom. The largest absolute Gasteiger partial charge is 0.444 e. The standard InChI is InChI=1S/C25H35N3O3/c1-7-18(2)20-12-13-28(24(30)31-25(4,5)6)22(20)23(29)27-16-14-26(15-17-27)21-11-9-8-10-19(21)3/h7-11,20,22H,1-2,12-17H2,3-6H3/t20-,22?/m1/s1. The van der Waals surface area contributed by atoms with E-state index < -0.39 is 17.7 Å². The van der Waals surface area contributed by atoms with E-state index >= 15 is 0 Å². The Balaban J connectivity index is 1.74. The van der Waals surface area contributed by atoms with Gasteiger partial charge in [0.05, 0.1) is 0 Å². The third-order valence-electron chi connectivity index (χ3n) is 6.06. The highest BCUT2D eigenvalue weighted by molar-refractivity contribution is 5.87. The highest BCUT2D eigenvalue weighted by Crippen LogP contribution is 2.33. The molecule has 2 amide bonds. The van der Waals surface area contributed by atoms with E-state index in [0.717, 1.165) is 18.7 Å². The summed E-state index contributed by atoms with van der Waals surface area (Å²) < 4.78 is 5.59. The van der Waals surface area contributed by atoms with Crippen LogP contribution in [0.15, 0.2) is 49.1 Å². The van der Waals surface area contributed by atoms with Gasteiger partial charge < -0.3 is 14.5 Å². The van der Waals surface area contributed by atoms with Crippen LogP contribution in [0.2, 0.25) is 0 Å². The van der Waals surface area contributed by atoms with Gasteiger partial charge in [0.25, 0.3) is 0 Å². The molecule has 0 aliphatic carbocycles. The van der Waals surface area contributed by atoms with Crippen LogP contribution in [0.4, 0.5) is 10.5 Å². The summed E-state index contributed by atoms with van der Waals surface area (Å²) in [5.41, 5.74) is 2.63. The molecule has 31 heavy (non-hydrogen) atoms. The summed E-state index contributed by atoms with van der Waals surface area (Å²) in [5.74, 6) is -0.160. The molecule has 0 aromatic heterocycles. The molecule has 0 N–H and O–H groups in total. The number of aryl methyl sites for hydroxylation is 1. The van der Waals surface area contributed by atoms with Crippen LogP contribution in [0.3, 0.4) is 0 Å². The van der Waals surface area contributed by atoms with Gasteiger partial charge in [-0.25, -0.2) is 4.79 Å². The van der Waals surface area contributed by atoms with Crippen LogP contribution in [-0.4, -0.2) is 66.2 Å². The van der Waals surface area contributed by atoms with Gasteiger partial charge in [0, 0.05) is 44.3 Å². The lowest BCUT2D eigenvalue weighted by Crippen LogP contribution is -2.56. The van der Waals surface area contributed by atoms with Gasteiger partial charge in [-0.2, -0.15) is 0 Å². The molecule has 0 saturated carbocycles. The molecule has 1 aromatic rings. The first-order valence-corrected chi connectivity index (χ1v) is 11.0. The monoisotopic (exact) mass is 425 g/mol. The van der Waals surface area contributed by atoms with Crippen molar-refractivity contribution in [3.63, 3.8) is 0 Å². The Hall–Kier alpha value is -2.76. The van der Waals surface area contributed by atoms with E-state index in [1.165, 1.54) is 11.3 Å². The summed E-state index contributed by atoms with van der Waals surface area (Å²) in [6, 6.07) is 7.72. The quantitative estimate of drug-likeness (QED) is 0.684. The first kappa shape index (κ1) is 22.9. The van der Waals surface area contributed by atoms with Crippen molar-refractivity contribution in [1.82, 2.24) is 9.80 Å². The van der Waals surface area contributed by atoms with Crippen molar-refractivity contribution in [2.75, 3.05) is 37.6 Å². The highest BCUT2D eigenvalue weighted by Gasteiger charge is 2.45. The van der Waals surface area contributed by atoms with Gasteiger partial charge in [-0.3, -0.25) is 9.69 Å². The van der Waals surface area contributed by atoms with E-state index in [-0.39, 0.29) is 11.8 Å². The molecule has 6 heteroatoms. The van der Waals surface area contributed by atoms with Crippen LogP contribution in [0.5, 0.6) is 0 Å². The van der Waals surface area contributed by atoms with E-state index in [4.69, 9.17) is 4.74 Å². The van der Waals surface area contributed by atoms with E-state index in [9.17, 15) is 9.59 Å². The fraction of sp³-hybridized carbons (Fsp3) is 0.520. The molecule has 2 aliphatic rings. The number of hydrogen-bond acceptors (Lipinski definition) is 4. The van der Waals surface area contributed by atoms with Crippen molar-refractivity contribution in [2.24, 2.45) is 5.92 Å². The van der Waals surface area contributed by atoms with Gasteiger partial charge in [0.1, 0.15) is 11.6 Å². The van der Waals surface area contributed by atoms with Crippen molar-refractivity contribution >= 4 is 17.7 Å². The number of ether oxygens (including phenoxy) is 1. The number of benzene rings is 1. The first-order valence-electron chi connectivity index (χ1n) is 11.0. The van der Waals surface area contributed by atoms with Gasteiger partial charge in [0.15, 0.2) is 0 Å². The molecule has 6 nitrogen and oxygen atoms in total. The molecule has 2 heterocycles. The van der Waals surface area contributed by atoms with E-state index in [0.29, 0.717) is 26.1 Å². The van der Waals surface area contributed by atoms with E-state index in [2.05, 4.69) is 37.1 Å². The van der Waals surface area contributed by atoms with E-state index in [1.807, 2.05) is 37.8 Å². The summed E-state index contributed by atoms with van der Waals surface area (Å²) in [7, 11) is 0. The van der Waals surface area contributed by atoms with E-state index in [1.54, 1.807) is 11.0 Å². The van der Waals surface area contributed by atoms with Gasteiger partial charge in [0.2, 0.25) is 5.91 Å². The zero-order valence-electron chi connectivity index (χ0n) is 19.3. The number of carbonyl (C=O) groups excluding carboxylic acids is 2. The number of piperazine rings is 1. The maximum atomic E-state index is 13.6. The zero-order valence-corrected chi connectivity index (χ0v) is 19.3. The third-order valence-corrected chi connectivity index (χ3v) is 6.06. The second-order valence-electron chi connectivity index (χ2n) is 9.39. The minimum Gasteiger partial charge on any atom is -0.444 e. The number of anilines is 1. The summed E-state index contributed by atoms with van der Waals surface area (Å²) in [6.07, 6.45) is 1.94. The summed E-state index contributed by atoms with van der Waals surface area (Å²) >= 11 is 0. The minimum absolute atomic E-state index is 0.0270. The Morgan fingerprint density at radius 2 is 1.74 bits per heavy atom. The van der Waals surface area contributed by atoms with Gasteiger partial charge in [-0.05, 0) is 45.7 Å². The van der Waals surface area contributed by atoms with Crippen molar-refractivity contribution in [3.05, 3.63) is 54.6 Å². The predicted molar refractivity (Wildman–Crippen MR) is 124 cm³/mol. The summed E-state index contributed by atoms with van der Waals surface area (Å²) in [6.45, 7) is 18.8. The Kier molecular flexibility index (Phi) is 6.77. The van der Waals surface area contributed by atoms with Crippen LogP contribution >= 0.6 is 0 Å². The average molecular weight is 426 g/mol. The second-order valence-corrected chi connectivity index (χ2v) is 9.39. The number of nitrogens with zero attached hydrogens (tertiary/aromatic N) is 3. The topological polar surface area (TPSA) is 53.1 Å². The molecule has 1 aromatic carbocycles. The molecule has 2 aliphatic heterocycles. The van der Waals surface area contributed by atoms with Crippen molar-refractivity contribution in [1.29, 1.82) is 0 Å². The molecule has 0 bridgehead atoms. The van der Waals surface area contributed by atoms with Crippen LogP contribution in [0.25, 0.3) is 0 Å². The normalized spacial score (nSPS) is 21.7. The molecule has 1 unspecified atom stereocenters. The SMILES string of the molecule is C=CC(=C)[C@H]1CCN(C(=O)OC(C)(C)C)C1C(=O)N1CCN(c2ccccc2C)CC1. The second kappa shape index (κ2) is 9.16. The molecule has 2 atom stereocenters. The number of carbonyl (C=O) groups is 2. The smallest absolute Gasteiger partial charge is 0.410 e. The Labute approximate surface area is 186 Å². The van der Waals surface area contributed by atoms with Gasteiger partial charge in [-0.1, -0.05) is 43.0 Å². The Bertz CT molecular complexity index is 850. The predicted octanol–water partition coefficient (Wildman–Crippen LogP) is 4.01. The number of rotatable bonds is 4. The maximum absolute atomic E-state index is 13.6. The molecular formula is C25H35N3O3. The van der Waals surface area contributed by atoms with Crippen LogP contribution in [0, 0.1) is 12.8 Å². The lowest BCUT2D eigenvalue weighted by atomic mass is 9.91. The number of amides is 2. The molecular weight excluding hydrogens is 390 g/mol. The van der Waals surface area contributed by atoms with Gasteiger partial charge in [-0.15, -0.1) is 0 Å². The number of likely N-dealkylation sites (tertiary alicyclic amines) is 1. The maximum Gasteiger partial charge on any atom is 0.410 e. The molecule has 0 spiro atoms. The van der Waals surface area contributed by atoms with Crippen LogP contribution in [-0.2, 0) is 9.53 Å². The van der Waals surface area contributed by atoms with Crippen molar-refractivity contribution in [3.8, 4) is 0 Å². The fourth-order valence-corrected chi connectivity index (χ4v) is 4.44. The lowest BCUT2D eigenvalue weighted by molar-refractivity contribution is -0.137. The summed E-state index contributed by atoms with van der Waals surface area (Å²) in [5, 5.41) is 0. The summed E-state index contributed by atoms with van der Waals surface area (Å²) in [4.78, 5) is 32.2. The minimum atomic E-state index is -0.614. The average Bonchev–Trinajstić information content (AvgIpc) is 3.17. The lowest BCUT2D eigenvalue weighted by Gasteiger charge is -2.39. The van der Waals surface area contributed by atoms with Crippen LogP contribution < -0.4 is 4.90 Å². The molecule has 2 saturated heterocycles. The molecule has 2 fully saturated rings. The fourth-order valence-electron chi connectivity index (χ4n) is 4.44. The highest BCUT2D eigenvalue weighted by atomic mass is 16.6. The zero-order chi connectivity index (χ0) is 22.8. The Morgan fingerprint density at radius 1 is 1.10 bits per heavy atom. The third kappa shape index (κ3) is 5.12. The number of allylic oxidation sites excluding steroid dienone is 1. The van der Waals surface area contributed by atoms with Gasteiger partial charge >= 0.3 is 6.09 Å². The van der Waals surface area contributed by atoms with Crippen molar-refractivity contribution in [2.45, 2.75) is 45.8 Å². The van der Waals surface area contributed by atoms with Crippen molar-refractivity contribution < 1.29 is 14.3 Å².